The van der Waals surface area contributed by atoms with Crippen molar-refractivity contribution >= 4 is 25.0 Å². The molecular formula is C37H62BN3O6. The molecule has 1 aromatic rings. The van der Waals surface area contributed by atoms with Crippen molar-refractivity contribution in [3.8, 4) is 0 Å². The number of amides is 3. The Bertz CT molecular complexity index is 1100. The summed E-state index contributed by atoms with van der Waals surface area (Å²) in [5, 5.41) is 19.9. The fourth-order valence-corrected chi connectivity index (χ4v) is 7.46. The molecular weight excluding hydrogens is 593 g/mol. The van der Waals surface area contributed by atoms with Gasteiger partial charge in [0.1, 0.15) is 12.6 Å². The van der Waals surface area contributed by atoms with Gasteiger partial charge in [0.2, 0.25) is 11.8 Å². The molecule has 10 heteroatoms. The summed E-state index contributed by atoms with van der Waals surface area (Å²) in [5.41, 5.74) is 1.18. The summed E-state index contributed by atoms with van der Waals surface area (Å²) < 4.78 is 11.6. The smallest absolute Gasteiger partial charge is 0.445 e. The molecule has 4 N–H and O–H groups in total. The Hall–Kier alpha value is -2.59. The quantitative estimate of drug-likeness (QED) is 0.0878. The maximum absolute atomic E-state index is 13.7. The van der Waals surface area contributed by atoms with Crippen LogP contribution in [-0.4, -0.2) is 54.7 Å². The van der Waals surface area contributed by atoms with Crippen LogP contribution in [0.25, 0.3) is 0 Å². The number of rotatable bonds is 21. The third kappa shape index (κ3) is 12.4. The SMILES string of the molecule is CCCCCCCCCC(=O)N[C@@H](CCNC(=O)OCc1ccccc1)C(=O)N[C@@H](CC(C)C)B(O)O[C@@H]1C[C@@H]2C[C@H]([C@H]1C)C2(C)C. The number of hydrogen-bond donors (Lipinski definition) is 4. The van der Waals surface area contributed by atoms with Crippen LogP contribution in [0.15, 0.2) is 30.3 Å². The normalized spacial score (nSPS) is 22.5. The van der Waals surface area contributed by atoms with Gasteiger partial charge in [0.15, 0.2) is 0 Å². The van der Waals surface area contributed by atoms with Gasteiger partial charge in [-0.15, -0.1) is 0 Å². The predicted octanol–water partition coefficient (Wildman–Crippen LogP) is 6.57. The van der Waals surface area contributed by atoms with Crippen LogP contribution >= 0.6 is 0 Å². The molecule has 3 aliphatic rings. The van der Waals surface area contributed by atoms with Crippen molar-refractivity contribution in [3.63, 3.8) is 0 Å². The van der Waals surface area contributed by atoms with Crippen molar-refractivity contribution in [1.29, 1.82) is 0 Å². The Labute approximate surface area is 284 Å². The van der Waals surface area contributed by atoms with Crippen LogP contribution < -0.4 is 16.0 Å². The van der Waals surface area contributed by atoms with E-state index < -0.39 is 31.1 Å². The summed E-state index contributed by atoms with van der Waals surface area (Å²) in [7, 11) is -1.16. The molecule has 0 aromatic heterocycles. The first-order valence-electron chi connectivity index (χ1n) is 18.3. The summed E-state index contributed by atoms with van der Waals surface area (Å²) in [4.78, 5) is 39.0. The lowest BCUT2D eigenvalue weighted by atomic mass is 9.45. The Kier molecular flexibility index (Phi) is 16.1. The number of fused-ring (bicyclic) bond motifs is 2. The average molecular weight is 656 g/mol. The molecule has 0 unspecified atom stereocenters. The van der Waals surface area contributed by atoms with Crippen LogP contribution in [0.5, 0.6) is 0 Å². The standard InChI is InChI=1S/C37H62BN3O6/c1-7-8-9-10-11-12-16-19-34(42)40-31(20-21-39-36(44)46-25-28-17-14-13-15-18-28)35(43)41-33(22-26(2)3)38(45)47-32-24-29-23-30(27(32)4)37(29,5)6/h13-15,17-18,26-27,29-33,45H,7-12,16,19-25H2,1-6H3,(H,39,44)(H,40,42)(H,41,43)/t27-,29+,30-,31+,32-,33+/m1/s1. The van der Waals surface area contributed by atoms with Crippen LogP contribution in [0.4, 0.5) is 4.79 Å². The van der Waals surface area contributed by atoms with E-state index in [1.165, 1.54) is 32.1 Å². The minimum absolute atomic E-state index is 0.0584. The van der Waals surface area contributed by atoms with Gasteiger partial charge in [-0.25, -0.2) is 4.79 Å². The van der Waals surface area contributed by atoms with E-state index in [2.05, 4.69) is 43.6 Å². The first-order valence-corrected chi connectivity index (χ1v) is 18.3. The Morgan fingerprint density at radius 3 is 2.32 bits per heavy atom. The highest BCUT2D eigenvalue weighted by atomic mass is 16.5. The largest absolute Gasteiger partial charge is 0.478 e. The van der Waals surface area contributed by atoms with E-state index in [-0.39, 0.29) is 37.5 Å². The van der Waals surface area contributed by atoms with Crippen molar-refractivity contribution in [2.75, 3.05) is 6.54 Å². The fourth-order valence-electron chi connectivity index (χ4n) is 7.46. The van der Waals surface area contributed by atoms with Crippen molar-refractivity contribution < 1.29 is 28.8 Å². The van der Waals surface area contributed by atoms with E-state index in [0.717, 1.165) is 31.2 Å². The molecule has 1 aromatic carbocycles. The minimum atomic E-state index is -1.16. The summed E-state index contributed by atoms with van der Waals surface area (Å²) in [6.07, 6.45) is 10.2. The van der Waals surface area contributed by atoms with E-state index >= 15 is 0 Å². The molecule has 0 spiro atoms. The molecule has 2 bridgehead atoms. The molecule has 3 saturated carbocycles. The average Bonchev–Trinajstić information content (AvgIpc) is 3.03. The zero-order valence-corrected chi connectivity index (χ0v) is 29.9. The lowest BCUT2D eigenvalue weighted by Crippen LogP contribution is -2.60. The van der Waals surface area contributed by atoms with Crippen molar-refractivity contribution in [2.45, 2.75) is 143 Å². The van der Waals surface area contributed by atoms with Crippen molar-refractivity contribution in [2.24, 2.45) is 29.1 Å². The lowest BCUT2D eigenvalue weighted by Gasteiger charge is -2.62. The third-order valence-corrected chi connectivity index (χ3v) is 10.6. The maximum atomic E-state index is 13.7. The number of alkyl carbamates (subject to hydrolysis) is 1. The van der Waals surface area contributed by atoms with Crippen LogP contribution in [0, 0.1) is 29.1 Å². The van der Waals surface area contributed by atoms with E-state index in [1.54, 1.807) is 0 Å². The molecule has 0 aliphatic heterocycles. The molecule has 0 heterocycles. The Morgan fingerprint density at radius 2 is 1.68 bits per heavy atom. The van der Waals surface area contributed by atoms with Gasteiger partial charge in [-0.3, -0.25) is 9.59 Å². The molecule has 3 fully saturated rings. The minimum Gasteiger partial charge on any atom is -0.445 e. The molecule has 47 heavy (non-hydrogen) atoms. The van der Waals surface area contributed by atoms with Crippen molar-refractivity contribution in [3.05, 3.63) is 35.9 Å². The summed E-state index contributed by atoms with van der Waals surface area (Å²) in [5.74, 6) is 0.452. The second-order valence-electron chi connectivity index (χ2n) is 15.0. The fraction of sp³-hybridized carbons (Fsp3) is 0.757. The number of nitrogens with one attached hydrogen (secondary N) is 3. The monoisotopic (exact) mass is 655 g/mol. The molecule has 6 atom stereocenters. The van der Waals surface area contributed by atoms with Gasteiger partial charge in [0.05, 0.1) is 5.94 Å². The summed E-state index contributed by atoms with van der Waals surface area (Å²) >= 11 is 0. The van der Waals surface area contributed by atoms with E-state index in [0.29, 0.717) is 36.0 Å². The molecule has 3 amide bonds. The van der Waals surface area contributed by atoms with Crippen LogP contribution in [0.3, 0.4) is 0 Å². The lowest BCUT2D eigenvalue weighted by molar-refractivity contribution is -0.151. The van der Waals surface area contributed by atoms with Crippen LogP contribution in [-0.2, 0) is 25.6 Å². The molecule has 0 saturated heterocycles. The van der Waals surface area contributed by atoms with Crippen molar-refractivity contribution in [1.82, 2.24) is 16.0 Å². The Balaban J connectivity index is 1.57. The molecule has 4 rings (SSSR count). The first-order chi connectivity index (χ1) is 22.4. The summed E-state index contributed by atoms with van der Waals surface area (Å²) in [6.45, 7) is 13.4. The van der Waals surface area contributed by atoms with E-state index in [9.17, 15) is 19.4 Å². The highest BCUT2D eigenvalue weighted by molar-refractivity contribution is 6.45. The second kappa shape index (κ2) is 19.4. The highest BCUT2D eigenvalue weighted by Crippen LogP contribution is 2.61. The van der Waals surface area contributed by atoms with E-state index in [1.807, 2.05) is 44.2 Å². The van der Waals surface area contributed by atoms with Crippen LogP contribution in [0.1, 0.15) is 124 Å². The number of unbranched alkanes of at least 4 members (excludes halogenated alkanes) is 6. The van der Waals surface area contributed by atoms with Crippen LogP contribution in [0.2, 0.25) is 0 Å². The number of ether oxygens (including phenoxy) is 1. The Morgan fingerprint density at radius 1 is 1.00 bits per heavy atom. The zero-order chi connectivity index (χ0) is 34.4. The maximum Gasteiger partial charge on any atom is 0.478 e. The van der Waals surface area contributed by atoms with Gasteiger partial charge >= 0.3 is 13.2 Å². The molecule has 264 valence electrons. The molecule has 0 radical (unpaired) electrons. The highest BCUT2D eigenvalue weighted by Gasteiger charge is 2.57. The number of carbonyl (C=O) groups excluding carboxylic acids is 3. The third-order valence-electron chi connectivity index (χ3n) is 10.6. The van der Waals surface area contributed by atoms with Gasteiger partial charge in [0, 0.05) is 19.1 Å². The molecule has 9 nitrogen and oxygen atoms in total. The topological polar surface area (TPSA) is 126 Å². The van der Waals surface area contributed by atoms with E-state index in [4.69, 9.17) is 9.39 Å². The van der Waals surface area contributed by atoms with Gasteiger partial charge in [0.25, 0.3) is 0 Å². The first kappa shape index (κ1) is 38.9. The summed E-state index contributed by atoms with van der Waals surface area (Å²) in [6, 6.07) is 8.51. The zero-order valence-electron chi connectivity index (χ0n) is 29.9. The predicted molar refractivity (Wildman–Crippen MR) is 187 cm³/mol. The van der Waals surface area contributed by atoms with Gasteiger partial charge < -0.3 is 30.4 Å². The van der Waals surface area contributed by atoms with Gasteiger partial charge in [-0.05, 0) is 66.8 Å². The number of benzene rings is 1. The van der Waals surface area contributed by atoms with Gasteiger partial charge in [-0.1, -0.05) is 110 Å². The number of hydrogen-bond acceptors (Lipinski definition) is 6. The molecule has 3 aliphatic carbocycles. The number of carbonyl (C=O) groups is 3. The van der Waals surface area contributed by atoms with Gasteiger partial charge in [-0.2, -0.15) is 0 Å². The second-order valence-corrected chi connectivity index (χ2v) is 15.0.